The summed E-state index contributed by atoms with van der Waals surface area (Å²) in [6.45, 7) is 3.65. The summed E-state index contributed by atoms with van der Waals surface area (Å²) in [5.41, 5.74) is 0.554. The smallest absolute Gasteiger partial charge is 0.268 e. The number of ether oxygens (including phenoxy) is 1. The van der Waals surface area contributed by atoms with Gasteiger partial charge in [-0.3, -0.25) is 4.79 Å². The predicted octanol–water partition coefficient (Wildman–Crippen LogP) is 1.63. The lowest BCUT2D eigenvalue weighted by Crippen LogP contribution is -2.45. The van der Waals surface area contributed by atoms with Crippen molar-refractivity contribution >= 4 is 17.7 Å². The number of hydrogen-bond acceptors (Lipinski definition) is 4. The zero-order chi connectivity index (χ0) is 12.5. The minimum absolute atomic E-state index is 0.193. The molecule has 2 rings (SSSR count). The van der Waals surface area contributed by atoms with Crippen molar-refractivity contribution in [1.29, 1.82) is 0 Å². The van der Waals surface area contributed by atoms with Crippen LogP contribution >= 0.6 is 0 Å². The zero-order valence-corrected chi connectivity index (χ0v) is 9.61. The van der Waals surface area contributed by atoms with Gasteiger partial charge >= 0.3 is 0 Å². The lowest BCUT2D eigenvalue weighted by atomic mass is 10.0. The van der Waals surface area contributed by atoms with Crippen LogP contribution in [0.1, 0.15) is 19.4 Å². The summed E-state index contributed by atoms with van der Waals surface area (Å²) in [6, 6.07) is 5.29. The molecular formula is C12H12N2O3. The average molecular weight is 232 g/mol. The lowest BCUT2D eigenvalue weighted by molar-refractivity contribution is -0.129. The van der Waals surface area contributed by atoms with Crippen LogP contribution in [0.5, 0.6) is 5.75 Å². The summed E-state index contributed by atoms with van der Waals surface area (Å²) >= 11 is 0. The van der Waals surface area contributed by atoms with E-state index < -0.39 is 5.60 Å². The number of rotatable bonds is 2. The second-order valence-electron chi connectivity index (χ2n) is 4.30. The Morgan fingerprint density at radius 2 is 2.24 bits per heavy atom. The fraction of sp³-hybridized carbons (Fsp3) is 0.333. The Kier molecular flexibility index (Phi) is 2.69. The summed E-state index contributed by atoms with van der Waals surface area (Å²) in [7, 11) is 0. The number of carbonyl (C=O) groups is 1. The first kappa shape index (κ1) is 11.4. The van der Waals surface area contributed by atoms with Crippen LogP contribution in [-0.2, 0) is 16.1 Å². The van der Waals surface area contributed by atoms with E-state index in [1.165, 1.54) is 6.08 Å². The quantitative estimate of drug-likeness (QED) is 0.622. The van der Waals surface area contributed by atoms with E-state index in [4.69, 9.17) is 4.74 Å². The maximum atomic E-state index is 11.7. The van der Waals surface area contributed by atoms with Gasteiger partial charge in [0.2, 0.25) is 6.08 Å². The number of fused-ring (bicyclic) bond motifs is 1. The highest BCUT2D eigenvalue weighted by molar-refractivity contribution is 6.00. The molecule has 1 aliphatic heterocycles. The van der Waals surface area contributed by atoms with Crippen molar-refractivity contribution in [2.45, 2.75) is 26.0 Å². The Hall–Kier alpha value is -2.13. The monoisotopic (exact) mass is 232 g/mol. The van der Waals surface area contributed by atoms with Crippen LogP contribution in [0.4, 0.5) is 5.69 Å². The molecule has 1 heterocycles. The maximum absolute atomic E-state index is 11.7. The Bertz CT molecular complexity index is 516. The van der Waals surface area contributed by atoms with Crippen molar-refractivity contribution in [3.05, 3.63) is 23.8 Å². The first-order valence-electron chi connectivity index (χ1n) is 5.20. The number of aliphatic imine (C=N–C) groups is 1. The van der Waals surface area contributed by atoms with Gasteiger partial charge < -0.3 is 10.1 Å². The third-order valence-corrected chi connectivity index (χ3v) is 2.53. The van der Waals surface area contributed by atoms with Gasteiger partial charge in [-0.25, -0.2) is 9.79 Å². The van der Waals surface area contributed by atoms with Crippen LogP contribution in [-0.4, -0.2) is 17.6 Å². The van der Waals surface area contributed by atoms with E-state index in [1.807, 2.05) is 0 Å². The van der Waals surface area contributed by atoms with Crippen LogP contribution in [0.15, 0.2) is 23.2 Å². The van der Waals surface area contributed by atoms with E-state index in [2.05, 4.69) is 10.3 Å². The molecule has 1 aromatic rings. The molecule has 1 amide bonds. The molecule has 0 fully saturated rings. The molecule has 1 aromatic carbocycles. The molecular weight excluding hydrogens is 220 g/mol. The van der Waals surface area contributed by atoms with Crippen LogP contribution in [0.2, 0.25) is 0 Å². The molecule has 88 valence electrons. The Balaban J connectivity index is 2.32. The normalized spacial score (nSPS) is 16.2. The van der Waals surface area contributed by atoms with Crippen LogP contribution < -0.4 is 10.1 Å². The third-order valence-electron chi connectivity index (χ3n) is 2.53. The molecule has 5 heteroatoms. The minimum Gasteiger partial charge on any atom is -0.476 e. The number of amides is 1. The molecule has 0 unspecified atom stereocenters. The number of benzene rings is 1. The highest BCUT2D eigenvalue weighted by Crippen LogP contribution is 2.34. The lowest BCUT2D eigenvalue weighted by Gasteiger charge is -2.31. The van der Waals surface area contributed by atoms with Gasteiger partial charge in [-0.1, -0.05) is 6.07 Å². The van der Waals surface area contributed by atoms with Gasteiger partial charge in [0.05, 0.1) is 12.2 Å². The largest absolute Gasteiger partial charge is 0.476 e. The molecule has 0 aliphatic carbocycles. The van der Waals surface area contributed by atoms with Crippen molar-refractivity contribution in [2.24, 2.45) is 4.99 Å². The number of anilines is 1. The first-order chi connectivity index (χ1) is 8.03. The Morgan fingerprint density at radius 3 is 2.94 bits per heavy atom. The Labute approximate surface area is 98.5 Å². The van der Waals surface area contributed by atoms with Crippen molar-refractivity contribution in [3.8, 4) is 5.75 Å². The summed E-state index contributed by atoms with van der Waals surface area (Å²) in [5.74, 6) is 0.425. The van der Waals surface area contributed by atoms with Gasteiger partial charge in [-0.15, -0.1) is 0 Å². The van der Waals surface area contributed by atoms with Gasteiger partial charge in [0.1, 0.15) is 5.75 Å². The van der Waals surface area contributed by atoms with Crippen LogP contribution in [0.3, 0.4) is 0 Å². The van der Waals surface area contributed by atoms with Crippen LogP contribution in [0, 0.1) is 0 Å². The summed E-state index contributed by atoms with van der Waals surface area (Å²) in [5, 5.41) is 2.76. The van der Waals surface area contributed by atoms with E-state index in [0.29, 0.717) is 11.4 Å². The standard InChI is InChI=1S/C12H12N2O3/c1-12(2)11(16)14-9-5-8(6-13-7-15)3-4-10(9)17-12/h3-5H,6H2,1-2H3,(H,14,16). The topological polar surface area (TPSA) is 67.8 Å². The van der Waals surface area contributed by atoms with Crippen molar-refractivity contribution < 1.29 is 14.3 Å². The molecule has 5 nitrogen and oxygen atoms in total. The molecule has 1 N–H and O–H groups in total. The fourth-order valence-corrected chi connectivity index (χ4v) is 1.58. The van der Waals surface area contributed by atoms with E-state index >= 15 is 0 Å². The fourth-order valence-electron chi connectivity index (χ4n) is 1.58. The van der Waals surface area contributed by atoms with Crippen LogP contribution in [0.25, 0.3) is 0 Å². The highest BCUT2D eigenvalue weighted by atomic mass is 16.5. The van der Waals surface area contributed by atoms with E-state index in [1.54, 1.807) is 32.0 Å². The second-order valence-corrected chi connectivity index (χ2v) is 4.30. The predicted molar refractivity (Wildman–Crippen MR) is 61.6 cm³/mol. The molecule has 0 atom stereocenters. The molecule has 0 aromatic heterocycles. The molecule has 0 saturated carbocycles. The van der Waals surface area contributed by atoms with Crippen molar-refractivity contribution in [1.82, 2.24) is 0 Å². The molecule has 0 saturated heterocycles. The number of hydrogen-bond donors (Lipinski definition) is 1. The number of nitrogens with zero attached hydrogens (tertiary/aromatic N) is 1. The van der Waals surface area contributed by atoms with E-state index in [9.17, 15) is 9.59 Å². The second kappa shape index (κ2) is 4.03. The SMILES string of the molecule is CC1(C)Oc2ccc(CN=C=O)cc2NC1=O. The number of nitrogens with one attached hydrogen (secondary N) is 1. The molecule has 0 bridgehead atoms. The van der Waals surface area contributed by atoms with E-state index in [0.717, 1.165) is 5.56 Å². The Morgan fingerprint density at radius 1 is 1.47 bits per heavy atom. The molecule has 1 aliphatic rings. The molecule has 17 heavy (non-hydrogen) atoms. The average Bonchev–Trinajstić information content (AvgIpc) is 2.27. The van der Waals surface area contributed by atoms with E-state index in [-0.39, 0.29) is 12.5 Å². The highest BCUT2D eigenvalue weighted by Gasteiger charge is 2.35. The number of isocyanates is 1. The summed E-state index contributed by atoms with van der Waals surface area (Å²) in [6.07, 6.45) is 1.47. The third kappa shape index (κ3) is 2.19. The number of carbonyl (C=O) groups excluding carboxylic acids is 2. The van der Waals surface area contributed by atoms with Crippen molar-refractivity contribution in [3.63, 3.8) is 0 Å². The minimum atomic E-state index is -0.866. The first-order valence-corrected chi connectivity index (χ1v) is 5.20. The van der Waals surface area contributed by atoms with Gasteiger partial charge in [-0.05, 0) is 31.5 Å². The summed E-state index contributed by atoms with van der Waals surface area (Å²) < 4.78 is 5.57. The van der Waals surface area contributed by atoms with Gasteiger partial charge in [0.15, 0.2) is 5.60 Å². The van der Waals surface area contributed by atoms with Gasteiger partial charge in [-0.2, -0.15) is 0 Å². The maximum Gasteiger partial charge on any atom is 0.268 e. The van der Waals surface area contributed by atoms with Gasteiger partial charge in [0.25, 0.3) is 5.91 Å². The summed E-state index contributed by atoms with van der Waals surface area (Å²) in [4.78, 5) is 25.2. The zero-order valence-electron chi connectivity index (χ0n) is 9.61. The van der Waals surface area contributed by atoms with Crippen molar-refractivity contribution in [2.75, 3.05) is 5.32 Å². The van der Waals surface area contributed by atoms with Gasteiger partial charge in [0, 0.05) is 0 Å². The molecule has 0 spiro atoms. The molecule has 0 radical (unpaired) electrons.